The second kappa shape index (κ2) is 11.2. The predicted octanol–water partition coefficient (Wildman–Crippen LogP) is 4.96. The number of hydrogen-bond acceptors (Lipinski definition) is 4. The Kier molecular flexibility index (Phi) is 9.26. The Labute approximate surface area is 174 Å². The molecule has 5 atom stereocenters. The summed E-state index contributed by atoms with van der Waals surface area (Å²) >= 11 is 6.58. The fraction of sp³-hybridized carbons (Fsp3) is 0.696. The van der Waals surface area contributed by atoms with E-state index in [1.165, 1.54) is 7.11 Å². The van der Waals surface area contributed by atoms with Crippen molar-refractivity contribution in [3.05, 3.63) is 35.4 Å². The number of halogens is 1. The van der Waals surface area contributed by atoms with Crippen LogP contribution in [0.25, 0.3) is 0 Å². The first kappa shape index (κ1) is 23.2. The van der Waals surface area contributed by atoms with Gasteiger partial charge in [0.1, 0.15) is 0 Å². The average Bonchev–Trinajstić information content (AvgIpc) is 2.96. The van der Waals surface area contributed by atoms with Gasteiger partial charge in [-0.2, -0.15) is 0 Å². The number of ether oxygens (including phenoxy) is 1. The van der Waals surface area contributed by atoms with Gasteiger partial charge in [0.2, 0.25) is 0 Å². The number of rotatable bonds is 10. The van der Waals surface area contributed by atoms with Crippen LogP contribution in [-0.4, -0.2) is 34.8 Å². The molecule has 1 aliphatic rings. The van der Waals surface area contributed by atoms with Crippen molar-refractivity contribution in [3.8, 4) is 0 Å². The quantitative estimate of drug-likeness (QED) is 0.325. The highest BCUT2D eigenvalue weighted by molar-refractivity contribution is 6.21. The summed E-state index contributed by atoms with van der Waals surface area (Å²) in [5, 5.41) is 20.8. The van der Waals surface area contributed by atoms with E-state index < -0.39 is 12.2 Å². The Morgan fingerprint density at radius 1 is 1.18 bits per heavy atom. The number of esters is 1. The number of carbonyl (C=O) groups excluding carboxylic acids is 1. The van der Waals surface area contributed by atoms with Gasteiger partial charge in [-0.25, -0.2) is 0 Å². The van der Waals surface area contributed by atoms with Gasteiger partial charge in [-0.15, -0.1) is 11.6 Å². The molecule has 1 aromatic carbocycles. The lowest BCUT2D eigenvalue weighted by Gasteiger charge is -2.25. The molecule has 0 aliphatic heterocycles. The van der Waals surface area contributed by atoms with Gasteiger partial charge < -0.3 is 14.9 Å². The Morgan fingerprint density at radius 3 is 2.43 bits per heavy atom. The van der Waals surface area contributed by atoms with E-state index in [-0.39, 0.29) is 29.1 Å². The van der Waals surface area contributed by atoms with E-state index in [4.69, 9.17) is 11.6 Å². The van der Waals surface area contributed by atoms with E-state index in [2.05, 4.69) is 4.74 Å². The molecule has 4 nitrogen and oxygen atoms in total. The predicted molar refractivity (Wildman–Crippen MR) is 112 cm³/mol. The molecule has 2 rings (SSSR count). The lowest BCUT2D eigenvalue weighted by Crippen LogP contribution is -2.19. The largest absolute Gasteiger partial charge is 0.469 e. The Hall–Kier alpha value is -1.10. The molecule has 0 bridgehead atoms. The molecule has 2 N–H and O–H groups in total. The van der Waals surface area contributed by atoms with Crippen molar-refractivity contribution in [2.24, 2.45) is 11.8 Å². The molecule has 0 heterocycles. The van der Waals surface area contributed by atoms with E-state index in [9.17, 15) is 15.0 Å². The van der Waals surface area contributed by atoms with Crippen molar-refractivity contribution in [1.82, 2.24) is 0 Å². The smallest absolute Gasteiger partial charge is 0.305 e. The number of aliphatic hydroxyl groups excluding tert-OH is 2. The van der Waals surface area contributed by atoms with Gasteiger partial charge >= 0.3 is 5.97 Å². The highest BCUT2D eigenvalue weighted by atomic mass is 35.5. The zero-order valence-corrected chi connectivity index (χ0v) is 18.1. The lowest BCUT2D eigenvalue weighted by molar-refractivity contribution is -0.140. The van der Waals surface area contributed by atoms with E-state index in [0.29, 0.717) is 12.8 Å². The molecule has 0 radical (unpaired) electrons. The Morgan fingerprint density at radius 2 is 1.82 bits per heavy atom. The zero-order valence-electron chi connectivity index (χ0n) is 17.3. The zero-order chi connectivity index (χ0) is 20.7. The van der Waals surface area contributed by atoms with Crippen molar-refractivity contribution < 1.29 is 19.7 Å². The summed E-state index contributed by atoms with van der Waals surface area (Å²) in [6.45, 7) is 4.00. The fourth-order valence-corrected chi connectivity index (χ4v) is 4.76. The van der Waals surface area contributed by atoms with Gasteiger partial charge in [0.25, 0.3) is 0 Å². The third-order valence-corrected chi connectivity index (χ3v) is 6.50. The standard InChI is InChI=1S/C23H35ClO4/c1-15(2)23(27)17-12-10-16(11-13-17)22-18(19(24)14-20(22)25)8-6-4-5-7-9-21(26)28-3/h10-13,15,18-20,22-23,25,27H,4-9,14H2,1-3H3/t18-,19+,20+,22+,23?/m0/s1. The highest BCUT2D eigenvalue weighted by Crippen LogP contribution is 2.45. The fourth-order valence-electron chi connectivity index (χ4n) is 4.30. The molecule has 1 aromatic rings. The summed E-state index contributed by atoms with van der Waals surface area (Å²) in [5.74, 6) is 0.314. The molecule has 0 saturated heterocycles. The summed E-state index contributed by atoms with van der Waals surface area (Å²) in [4.78, 5) is 11.2. The number of hydrogen-bond donors (Lipinski definition) is 2. The van der Waals surface area contributed by atoms with Crippen LogP contribution in [-0.2, 0) is 9.53 Å². The molecule has 28 heavy (non-hydrogen) atoms. The monoisotopic (exact) mass is 410 g/mol. The molecule has 1 unspecified atom stereocenters. The topological polar surface area (TPSA) is 66.8 Å². The maximum atomic E-state index is 11.2. The van der Waals surface area contributed by atoms with Gasteiger partial charge in [-0.3, -0.25) is 4.79 Å². The molecule has 0 amide bonds. The number of carbonyl (C=O) groups is 1. The third-order valence-electron chi connectivity index (χ3n) is 6.00. The second-order valence-corrected chi connectivity index (χ2v) is 8.95. The summed E-state index contributed by atoms with van der Waals surface area (Å²) in [6.07, 6.45) is 5.14. The number of aliphatic hydroxyl groups is 2. The molecule has 0 spiro atoms. The average molecular weight is 411 g/mol. The number of alkyl halides is 1. The minimum Gasteiger partial charge on any atom is -0.469 e. The third kappa shape index (κ3) is 6.20. The lowest BCUT2D eigenvalue weighted by atomic mass is 9.83. The summed E-state index contributed by atoms with van der Waals surface area (Å²) in [5.41, 5.74) is 2.02. The Bertz CT molecular complexity index is 601. The van der Waals surface area contributed by atoms with Gasteiger partial charge in [0.15, 0.2) is 0 Å². The van der Waals surface area contributed by atoms with Crippen LogP contribution >= 0.6 is 11.6 Å². The molecular weight excluding hydrogens is 376 g/mol. The van der Waals surface area contributed by atoms with Crippen molar-refractivity contribution in [2.45, 2.75) is 82.3 Å². The number of benzene rings is 1. The SMILES string of the molecule is COC(=O)CCCCCC[C@@H]1[C@@H](c2ccc(C(O)C(C)C)cc2)[C@H](O)C[C@H]1Cl. The van der Waals surface area contributed by atoms with Gasteiger partial charge in [0.05, 0.1) is 19.3 Å². The first-order chi connectivity index (χ1) is 13.3. The molecule has 1 fully saturated rings. The molecular formula is C23H35ClO4. The van der Waals surface area contributed by atoms with Crippen LogP contribution in [0.1, 0.15) is 81.9 Å². The van der Waals surface area contributed by atoms with E-state index in [0.717, 1.165) is 43.2 Å². The van der Waals surface area contributed by atoms with Crippen LogP contribution in [0, 0.1) is 11.8 Å². The first-order valence-electron chi connectivity index (χ1n) is 10.5. The molecule has 5 heteroatoms. The van der Waals surface area contributed by atoms with Crippen LogP contribution < -0.4 is 0 Å². The van der Waals surface area contributed by atoms with Crippen LogP contribution in [0.15, 0.2) is 24.3 Å². The summed E-state index contributed by atoms with van der Waals surface area (Å²) < 4.78 is 4.66. The highest BCUT2D eigenvalue weighted by Gasteiger charge is 2.41. The molecule has 0 aromatic heterocycles. The Balaban J connectivity index is 1.91. The number of unbranched alkanes of at least 4 members (excludes halogenated alkanes) is 3. The molecule has 1 saturated carbocycles. The maximum absolute atomic E-state index is 11.2. The van der Waals surface area contributed by atoms with Crippen molar-refractivity contribution >= 4 is 17.6 Å². The van der Waals surface area contributed by atoms with Gasteiger partial charge in [0, 0.05) is 17.7 Å². The van der Waals surface area contributed by atoms with Crippen LogP contribution in [0.3, 0.4) is 0 Å². The minimum atomic E-state index is -0.468. The van der Waals surface area contributed by atoms with E-state index in [1.54, 1.807) is 0 Å². The van der Waals surface area contributed by atoms with Gasteiger partial charge in [-0.1, -0.05) is 57.4 Å². The van der Waals surface area contributed by atoms with Crippen molar-refractivity contribution in [2.75, 3.05) is 7.11 Å². The van der Waals surface area contributed by atoms with Crippen molar-refractivity contribution in [1.29, 1.82) is 0 Å². The molecule has 1 aliphatic carbocycles. The van der Waals surface area contributed by atoms with Crippen molar-refractivity contribution in [3.63, 3.8) is 0 Å². The maximum Gasteiger partial charge on any atom is 0.305 e. The first-order valence-corrected chi connectivity index (χ1v) is 11.0. The normalized spacial score (nSPS) is 25.8. The van der Waals surface area contributed by atoms with Crippen LogP contribution in [0.4, 0.5) is 0 Å². The van der Waals surface area contributed by atoms with E-state index >= 15 is 0 Å². The van der Waals surface area contributed by atoms with E-state index in [1.807, 2.05) is 38.1 Å². The van der Waals surface area contributed by atoms with Gasteiger partial charge in [-0.05, 0) is 42.2 Å². The van der Waals surface area contributed by atoms with Crippen LogP contribution in [0.2, 0.25) is 0 Å². The minimum absolute atomic E-state index is 0.0176. The number of methoxy groups -OCH3 is 1. The second-order valence-electron chi connectivity index (χ2n) is 8.39. The summed E-state index contributed by atoms with van der Waals surface area (Å²) in [7, 11) is 1.42. The molecule has 158 valence electrons. The van der Waals surface area contributed by atoms with Crippen LogP contribution in [0.5, 0.6) is 0 Å². The summed E-state index contributed by atoms with van der Waals surface area (Å²) in [6, 6.07) is 8.01.